The van der Waals surface area contributed by atoms with Crippen LogP contribution in [0.5, 0.6) is 0 Å². The fourth-order valence-corrected chi connectivity index (χ4v) is 2.22. The van der Waals surface area contributed by atoms with E-state index in [4.69, 9.17) is 15.0 Å². The predicted molar refractivity (Wildman–Crippen MR) is 78.4 cm³/mol. The van der Waals surface area contributed by atoms with Gasteiger partial charge in [0.1, 0.15) is 5.82 Å². The molecule has 0 bridgehead atoms. The summed E-state index contributed by atoms with van der Waals surface area (Å²) < 4.78 is 12.1. The molecule has 1 atom stereocenters. The number of nitrogen functional groups attached to an aromatic ring is 1. The molecule has 2 N–H and O–H groups in total. The molecule has 20 heavy (non-hydrogen) atoms. The molecule has 0 amide bonds. The van der Waals surface area contributed by atoms with Crippen molar-refractivity contribution >= 4 is 18.4 Å². The zero-order valence-electron chi connectivity index (χ0n) is 12.6. The van der Waals surface area contributed by atoms with Crippen LogP contribution in [0.15, 0.2) is 12.3 Å². The van der Waals surface area contributed by atoms with Crippen LogP contribution in [-0.4, -0.2) is 23.3 Å². The number of rotatable bonds is 2. The Balaban J connectivity index is 2.46. The average molecular weight is 273 g/mol. The summed E-state index contributed by atoms with van der Waals surface area (Å²) >= 11 is 0. The number of nitrogens with two attached hydrogens (primary N) is 1. The Morgan fingerprint density at radius 3 is 2.35 bits per heavy atom. The molecular formula is C14H20BN3O2. The Labute approximate surface area is 120 Å². The van der Waals surface area contributed by atoms with Gasteiger partial charge in [-0.15, -0.1) is 0 Å². The third-order valence-corrected chi connectivity index (χ3v) is 4.19. The molecule has 1 aliphatic heterocycles. The van der Waals surface area contributed by atoms with E-state index in [1.807, 2.05) is 33.8 Å². The second-order valence-electron chi connectivity index (χ2n) is 6.14. The molecule has 1 aromatic heterocycles. The molecule has 1 aliphatic rings. The summed E-state index contributed by atoms with van der Waals surface area (Å²) in [4.78, 5) is 4.07. The highest BCUT2D eigenvalue weighted by molar-refractivity contribution is 6.62. The smallest absolute Gasteiger partial charge is 0.399 e. The van der Waals surface area contributed by atoms with Crippen molar-refractivity contribution in [3.63, 3.8) is 0 Å². The molecule has 0 aliphatic carbocycles. The third-order valence-electron chi connectivity index (χ3n) is 4.19. The molecule has 1 saturated heterocycles. The maximum atomic E-state index is 9.17. The Bertz CT molecular complexity index is 550. The first-order valence-electron chi connectivity index (χ1n) is 6.69. The van der Waals surface area contributed by atoms with E-state index in [9.17, 15) is 5.26 Å². The Morgan fingerprint density at radius 2 is 1.85 bits per heavy atom. The van der Waals surface area contributed by atoms with Gasteiger partial charge in [-0.2, -0.15) is 5.26 Å². The second-order valence-corrected chi connectivity index (χ2v) is 6.14. The third kappa shape index (κ3) is 2.28. The van der Waals surface area contributed by atoms with Crippen LogP contribution in [0.25, 0.3) is 0 Å². The van der Waals surface area contributed by atoms with Crippen LogP contribution in [0.4, 0.5) is 5.82 Å². The maximum Gasteiger partial charge on any atom is 0.495 e. The van der Waals surface area contributed by atoms with Crippen LogP contribution in [-0.2, 0) is 9.31 Å². The molecule has 2 heterocycles. The zero-order chi connectivity index (χ0) is 15.1. The van der Waals surface area contributed by atoms with Crippen molar-refractivity contribution in [2.45, 2.75) is 51.7 Å². The molecule has 106 valence electrons. The number of anilines is 1. The lowest BCUT2D eigenvalue weighted by atomic mass is 9.74. The molecule has 1 aromatic rings. The lowest BCUT2D eigenvalue weighted by Gasteiger charge is -2.32. The van der Waals surface area contributed by atoms with E-state index >= 15 is 0 Å². The second kappa shape index (κ2) is 4.76. The number of nitriles is 1. The van der Waals surface area contributed by atoms with Gasteiger partial charge in [-0.25, -0.2) is 4.98 Å². The summed E-state index contributed by atoms with van der Waals surface area (Å²) in [6, 6.07) is 4.00. The molecule has 0 aromatic carbocycles. The van der Waals surface area contributed by atoms with Gasteiger partial charge in [-0.3, -0.25) is 0 Å². The van der Waals surface area contributed by atoms with Gasteiger partial charge < -0.3 is 15.0 Å². The van der Waals surface area contributed by atoms with Gasteiger partial charge in [-0.05, 0) is 46.1 Å². The first-order valence-corrected chi connectivity index (χ1v) is 6.69. The molecule has 2 rings (SSSR count). The minimum Gasteiger partial charge on any atom is -0.399 e. The quantitative estimate of drug-likeness (QED) is 0.827. The summed E-state index contributed by atoms with van der Waals surface area (Å²) in [5.74, 6) is -0.0102. The molecule has 0 saturated carbocycles. The fourth-order valence-electron chi connectivity index (χ4n) is 2.22. The van der Waals surface area contributed by atoms with Gasteiger partial charge in [0.25, 0.3) is 0 Å². The number of aromatic nitrogens is 1. The highest BCUT2D eigenvalue weighted by atomic mass is 16.7. The first kappa shape index (κ1) is 14.8. The average Bonchev–Trinajstić information content (AvgIpc) is 2.57. The van der Waals surface area contributed by atoms with Gasteiger partial charge in [0.05, 0.1) is 23.2 Å². The van der Waals surface area contributed by atoms with E-state index in [-0.39, 0.29) is 5.92 Å². The van der Waals surface area contributed by atoms with E-state index < -0.39 is 18.3 Å². The number of nitrogens with zero attached hydrogens (tertiary/aromatic N) is 2. The van der Waals surface area contributed by atoms with Crippen molar-refractivity contribution in [2.75, 3.05) is 5.73 Å². The van der Waals surface area contributed by atoms with Gasteiger partial charge in [-0.1, -0.05) is 0 Å². The van der Waals surface area contributed by atoms with Crippen molar-refractivity contribution in [3.05, 3.63) is 17.8 Å². The number of hydrogen-bond donors (Lipinski definition) is 1. The molecular weight excluding hydrogens is 253 g/mol. The predicted octanol–water partition coefficient (Wildman–Crippen LogP) is 1.59. The molecule has 1 fully saturated rings. The molecule has 1 unspecified atom stereocenters. The highest BCUT2D eigenvalue weighted by Crippen LogP contribution is 2.37. The lowest BCUT2D eigenvalue weighted by molar-refractivity contribution is 0.00578. The minimum absolute atomic E-state index is 0.353. The van der Waals surface area contributed by atoms with Gasteiger partial charge >= 0.3 is 7.12 Å². The molecule has 0 radical (unpaired) electrons. The van der Waals surface area contributed by atoms with Crippen LogP contribution in [0.3, 0.4) is 0 Å². The van der Waals surface area contributed by atoms with Crippen molar-refractivity contribution in [3.8, 4) is 6.07 Å². The van der Waals surface area contributed by atoms with E-state index in [0.29, 0.717) is 11.4 Å². The Hall–Kier alpha value is -1.58. The van der Waals surface area contributed by atoms with E-state index in [1.54, 1.807) is 13.1 Å². The fraction of sp³-hybridized carbons (Fsp3) is 0.571. The van der Waals surface area contributed by atoms with Crippen LogP contribution in [0.2, 0.25) is 0 Å². The molecule has 6 heteroatoms. The summed E-state index contributed by atoms with van der Waals surface area (Å²) in [6.07, 6.45) is 1.61. The standard InChI is InChI=1S/C14H20BN3O2/c1-9(8-16)11-10(6-7-18-12(11)17)15-19-13(2,3)14(4,5)20-15/h6-7,9H,1-5H3,(H2,17,18). The van der Waals surface area contributed by atoms with Crippen LogP contribution in [0.1, 0.15) is 46.1 Å². The number of hydrogen-bond acceptors (Lipinski definition) is 5. The van der Waals surface area contributed by atoms with Crippen molar-refractivity contribution in [1.29, 1.82) is 5.26 Å². The van der Waals surface area contributed by atoms with Crippen LogP contribution in [0, 0.1) is 11.3 Å². The van der Waals surface area contributed by atoms with Crippen LogP contribution >= 0.6 is 0 Å². The summed E-state index contributed by atoms with van der Waals surface area (Å²) in [5.41, 5.74) is 6.54. The van der Waals surface area contributed by atoms with Crippen molar-refractivity contribution in [2.24, 2.45) is 0 Å². The van der Waals surface area contributed by atoms with Gasteiger partial charge in [0.2, 0.25) is 0 Å². The number of pyridine rings is 1. The summed E-state index contributed by atoms with van der Waals surface area (Å²) in [7, 11) is -0.531. The molecule has 0 spiro atoms. The maximum absolute atomic E-state index is 9.17. The largest absolute Gasteiger partial charge is 0.495 e. The minimum atomic E-state index is -0.531. The van der Waals surface area contributed by atoms with Gasteiger partial charge in [0.15, 0.2) is 0 Å². The van der Waals surface area contributed by atoms with Crippen molar-refractivity contribution in [1.82, 2.24) is 4.98 Å². The normalized spacial score (nSPS) is 21.5. The Morgan fingerprint density at radius 1 is 1.30 bits per heavy atom. The summed E-state index contributed by atoms with van der Waals surface area (Å²) in [5, 5.41) is 9.17. The van der Waals surface area contributed by atoms with E-state index in [0.717, 1.165) is 5.46 Å². The lowest BCUT2D eigenvalue weighted by Crippen LogP contribution is -2.41. The topological polar surface area (TPSA) is 81.2 Å². The molecule has 5 nitrogen and oxygen atoms in total. The van der Waals surface area contributed by atoms with Crippen molar-refractivity contribution < 1.29 is 9.31 Å². The van der Waals surface area contributed by atoms with Gasteiger partial charge in [0, 0.05) is 11.8 Å². The zero-order valence-corrected chi connectivity index (χ0v) is 12.6. The van der Waals surface area contributed by atoms with E-state index in [1.165, 1.54) is 0 Å². The summed E-state index contributed by atoms with van der Waals surface area (Å²) in [6.45, 7) is 9.76. The highest BCUT2D eigenvalue weighted by Gasteiger charge is 2.52. The van der Waals surface area contributed by atoms with E-state index in [2.05, 4.69) is 11.1 Å². The monoisotopic (exact) mass is 273 g/mol. The Kier molecular flexibility index (Phi) is 3.53. The SMILES string of the molecule is CC(C#N)c1c(B2OC(C)(C)C(C)(C)O2)ccnc1N. The van der Waals surface area contributed by atoms with Crippen LogP contribution < -0.4 is 11.2 Å². The first-order chi connectivity index (χ1) is 9.19.